The van der Waals surface area contributed by atoms with Gasteiger partial charge in [-0.3, -0.25) is 0 Å². The number of nitrogens with two attached hydrogens (primary N) is 1. The molecule has 2 N–H and O–H groups in total. The number of thiophene rings is 1. The van der Waals surface area contributed by atoms with E-state index in [4.69, 9.17) is 10.5 Å². The van der Waals surface area contributed by atoms with E-state index in [9.17, 15) is 0 Å². The molecule has 68 valence electrons. The van der Waals surface area contributed by atoms with Crippen molar-refractivity contribution in [3.05, 3.63) is 21.1 Å². The largest absolute Gasteiger partial charge is 0.493 e. The van der Waals surface area contributed by atoms with Crippen LogP contribution >= 0.6 is 33.9 Å². The van der Waals surface area contributed by atoms with Crippen molar-refractivity contribution in [3.63, 3.8) is 0 Å². The average Bonchev–Trinajstić information content (AvgIpc) is 2.53. The maximum Gasteiger partial charge on any atom is 0.159 e. The third kappa shape index (κ3) is 1.38. The maximum absolute atomic E-state index is 5.83. The van der Waals surface area contributed by atoms with Crippen molar-refractivity contribution in [1.82, 2.24) is 0 Å². The van der Waals surface area contributed by atoms with Crippen LogP contribution in [0.2, 0.25) is 0 Å². The van der Waals surface area contributed by atoms with Crippen molar-refractivity contribution in [2.45, 2.75) is 0 Å². The zero-order chi connectivity index (χ0) is 9.42. The number of benzene rings is 1. The number of methoxy groups -OCH3 is 1. The molecule has 2 rings (SSSR count). The summed E-state index contributed by atoms with van der Waals surface area (Å²) in [5.74, 6) is 0.797. The van der Waals surface area contributed by atoms with Gasteiger partial charge in [-0.2, -0.15) is 0 Å². The Morgan fingerprint density at radius 1 is 1.54 bits per heavy atom. The molecule has 0 aliphatic heterocycles. The van der Waals surface area contributed by atoms with Gasteiger partial charge < -0.3 is 10.5 Å². The number of rotatable bonds is 1. The normalized spacial score (nSPS) is 10.6. The second-order valence-electron chi connectivity index (χ2n) is 2.64. The van der Waals surface area contributed by atoms with Gasteiger partial charge in [0.1, 0.15) is 0 Å². The molecule has 0 aliphatic rings. The molecular weight excluding hydrogens is 297 g/mol. The highest BCUT2D eigenvalue weighted by Crippen LogP contribution is 2.38. The quantitative estimate of drug-likeness (QED) is 0.649. The standard InChI is InChI=1S/C9H8INOS/c1-12-8-7(11)4-6(10)5-2-3-13-9(5)8/h2-4H,11H2,1H3. The van der Waals surface area contributed by atoms with E-state index in [1.807, 2.05) is 6.07 Å². The fraction of sp³-hybridized carbons (Fsp3) is 0.111. The van der Waals surface area contributed by atoms with E-state index in [0.29, 0.717) is 5.69 Å². The van der Waals surface area contributed by atoms with Crippen LogP contribution in [0.15, 0.2) is 17.5 Å². The lowest BCUT2D eigenvalue weighted by atomic mass is 10.2. The van der Waals surface area contributed by atoms with Crippen LogP contribution in [0, 0.1) is 3.57 Å². The van der Waals surface area contributed by atoms with Gasteiger partial charge in [-0.25, -0.2) is 0 Å². The predicted molar refractivity (Wildman–Crippen MR) is 65.5 cm³/mol. The van der Waals surface area contributed by atoms with Gasteiger partial charge in [0.05, 0.1) is 17.5 Å². The Morgan fingerprint density at radius 2 is 2.31 bits per heavy atom. The van der Waals surface area contributed by atoms with Crippen molar-refractivity contribution in [1.29, 1.82) is 0 Å². The average molecular weight is 305 g/mol. The van der Waals surface area contributed by atoms with E-state index < -0.39 is 0 Å². The molecule has 2 aromatic rings. The molecule has 1 aromatic heterocycles. The highest BCUT2D eigenvalue weighted by molar-refractivity contribution is 14.1. The second-order valence-corrected chi connectivity index (χ2v) is 4.72. The third-order valence-corrected chi connectivity index (χ3v) is 3.68. The van der Waals surface area contributed by atoms with E-state index in [-0.39, 0.29) is 0 Å². The molecule has 0 spiro atoms. The summed E-state index contributed by atoms with van der Waals surface area (Å²) < 4.78 is 7.56. The molecule has 0 fully saturated rings. The predicted octanol–water partition coefficient (Wildman–Crippen LogP) is 3.10. The molecule has 0 saturated carbocycles. The van der Waals surface area contributed by atoms with Crippen LogP contribution in [-0.2, 0) is 0 Å². The van der Waals surface area contributed by atoms with Gasteiger partial charge in [0.15, 0.2) is 5.75 Å². The summed E-state index contributed by atoms with van der Waals surface area (Å²) in [6.45, 7) is 0. The Labute approximate surface area is 93.8 Å². The van der Waals surface area contributed by atoms with E-state index in [2.05, 4.69) is 34.0 Å². The SMILES string of the molecule is COc1c(N)cc(I)c2ccsc12. The van der Waals surface area contributed by atoms with Crippen LogP contribution in [0.1, 0.15) is 0 Å². The summed E-state index contributed by atoms with van der Waals surface area (Å²) in [5, 5.41) is 3.27. The summed E-state index contributed by atoms with van der Waals surface area (Å²) in [6, 6.07) is 4.03. The van der Waals surface area contributed by atoms with Gasteiger partial charge >= 0.3 is 0 Å². The first-order valence-corrected chi connectivity index (χ1v) is 5.69. The monoisotopic (exact) mass is 305 g/mol. The first-order chi connectivity index (χ1) is 6.24. The van der Waals surface area contributed by atoms with Crippen molar-refractivity contribution in [2.24, 2.45) is 0 Å². The van der Waals surface area contributed by atoms with Gasteiger partial charge in [-0.05, 0) is 40.1 Å². The summed E-state index contributed by atoms with van der Waals surface area (Å²) in [6.07, 6.45) is 0. The molecule has 1 heterocycles. The fourth-order valence-corrected chi connectivity index (χ4v) is 3.22. The number of hydrogen-bond donors (Lipinski definition) is 1. The summed E-state index contributed by atoms with van der Waals surface area (Å²) in [5.41, 5.74) is 6.54. The van der Waals surface area contributed by atoms with Crippen molar-refractivity contribution in [2.75, 3.05) is 12.8 Å². The minimum Gasteiger partial charge on any atom is -0.493 e. The molecule has 0 saturated heterocycles. The molecule has 0 radical (unpaired) electrons. The highest BCUT2D eigenvalue weighted by atomic mass is 127. The Kier molecular flexibility index (Phi) is 2.33. The van der Waals surface area contributed by atoms with Crippen molar-refractivity contribution < 1.29 is 4.74 Å². The van der Waals surface area contributed by atoms with Crippen molar-refractivity contribution in [3.8, 4) is 5.75 Å². The lowest BCUT2D eigenvalue weighted by Crippen LogP contribution is -1.93. The van der Waals surface area contributed by atoms with E-state index in [1.54, 1.807) is 18.4 Å². The van der Waals surface area contributed by atoms with E-state index in [0.717, 1.165) is 10.4 Å². The van der Waals surface area contributed by atoms with E-state index in [1.165, 1.54) is 8.96 Å². The Bertz CT molecular complexity index is 452. The zero-order valence-electron chi connectivity index (χ0n) is 7.00. The molecule has 0 aliphatic carbocycles. The number of ether oxygens (including phenoxy) is 1. The smallest absolute Gasteiger partial charge is 0.159 e. The van der Waals surface area contributed by atoms with Crippen LogP contribution < -0.4 is 10.5 Å². The summed E-state index contributed by atoms with van der Waals surface area (Å²) in [7, 11) is 1.65. The van der Waals surface area contributed by atoms with Crippen LogP contribution in [-0.4, -0.2) is 7.11 Å². The van der Waals surface area contributed by atoms with Gasteiger partial charge in [-0.1, -0.05) is 0 Å². The molecule has 0 unspecified atom stereocenters. The molecule has 1 aromatic carbocycles. The topological polar surface area (TPSA) is 35.2 Å². The lowest BCUT2D eigenvalue weighted by molar-refractivity contribution is 0.422. The molecule has 4 heteroatoms. The van der Waals surface area contributed by atoms with Crippen LogP contribution in [0.5, 0.6) is 5.75 Å². The molecule has 2 nitrogen and oxygen atoms in total. The Morgan fingerprint density at radius 3 is 3.00 bits per heavy atom. The number of hydrogen-bond acceptors (Lipinski definition) is 3. The molecule has 13 heavy (non-hydrogen) atoms. The van der Waals surface area contributed by atoms with Crippen LogP contribution in [0.4, 0.5) is 5.69 Å². The molecular formula is C9H8INOS. The molecule has 0 bridgehead atoms. The third-order valence-electron chi connectivity index (χ3n) is 1.88. The first kappa shape index (κ1) is 9.08. The van der Waals surface area contributed by atoms with Gasteiger partial charge in [0.25, 0.3) is 0 Å². The van der Waals surface area contributed by atoms with E-state index >= 15 is 0 Å². The molecule has 0 atom stereocenters. The van der Waals surface area contributed by atoms with Crippen LogP contribution in [0.3, 0.4) is 0 Å². The molecule has 0 amide bonds. The highest BCUT2D eigenvalue weighted by Gasteiger charge is 2.09. The van der Waals surface area contributed by atoms with Gasteiger partial charge in [-0.15, -0.1) is 11.3 Å². The van der Waals surface area contributed by atoms with Gasteiger partial charge in [0.2, 0.25) is 0 Å². The second kappa shape index (κ2) is 3.34. The minimum absolute atomic E-state index is 0.710. The number of fused-ring (bicyclic) bond motifs is 1. The first-order valence-electron chi connectivity index (χ1n) is 3.73. The van der Waals surface area contributed by atoms with Crippen molar-refractivity contribution >= 4 is 49.7 Å². The summed E-state index contributed by atoms with van der Waals surface area (Å²) >= 11 is 3.94. The fourth-order valence-electron chi connectivity index (χ4n) is 1.29. The number of anilines is 1. The van der Waals surface area contributed by atoms with Gasteiger partial charge in [0, 0.05) is 8.96 Å². The van der Waals surface area contributed by atoms with Crippen LogP contribution in [0.25, 0.3) is 10.1 Å². The Balaban J connectivity index is 2.88. The summed E-state index contributed by atoms with van der Waals surface area (Å²) in [4.78, 5) is 0. The zero-order valence-corrected chi connectivity index (χ0v) is 9.98. The number of halogens is 1. The minimum atomic E-state index is 0.710. The number of nitrogen functional groups attached to an aromatic ring is 1. The Hall–Kier alpha value is -0.490. The lowest BCUT2D eigenvalue weighted by Gasteiger charge is -2.06. The maximum atomic E-state index is 5.83.